The molecule has 1 aliphatic heterocycles. The molecule has 2 heteroatoms. The lowest BCUT2D eigenvalue weighted by Gasteiger charge is -2.25. The summed E-state index contributed by atoms with van der Waals surface area (Å²) in [6.07, 6.45) is 8.24. The van der Waals surface area contributed by atoms with Crippen LogP contribution < -0.4 is 4.90 Å². The number of hydrogen-bond donors (Lipinski definition) is 0. The molecule has 0 saturated carbocycles. The number of hydrogen-bond acceptors (Lipinski definition) is 1. The molecule has 0 radical (unpaired) electrons. The molecule has 2 rings (SSSR count). The molecule has 0 amide bonds. The van der Waals surface area contributed by atoms with Crippen LogP contribution in [0.2, 0.25) is 0 Å². The van der Waals surface area contributed by atoms with Crippen molar-refractivity contribution in [2.24, 2.45) is 0 Å². The quantitative estimate of drug-likeness (QED) is 0.534. The highest BCUT2D eigenvalue weighted by Crippen LogP contribution is 2.22. The molecular weight excluding hydrogens is 226 g/mol. The van der Waals surface area contributed by atoms with E-state index in [0.29, 0.717) is 0 Å². The molecule has 1 aromatic carbocycles. The number of nitrogens with zero attached hydrogens (tertiary/aromatic N) is 1. The third-order valence-corrected chi connectivity index (χ3v) is 2.69. The van der Waals surface area contributed by atoms with E-state index in [1.54, 1.807) is 0 Å². The molecule has 0 bridgehead atoms. The third-order valence-electron chi connectivity index (χ3n) is 1.95. The predicted molar refractivity (Wildman–Crippen MR) is 59.9 cm³/mol. The molecule has 0 aromatic heterocycles. The van der Waals surface area contributed by atoms with Crippen molar-refractivity contribution >= 4 is 21.6 Å². The van der Waals surface area contributed by atoms with E-state index in [-0.39, 0.29) is 4.95 Å². The van der Waals surface area contributed by atoms with Gasteiger partial charge in [0.1, 0.15) is 4.95 Å². The number of allylic oxidation sites excluding steroid dienone is 2. The van der Waals surface area contributed by atoms with Gasteiger partial charge in [0, 0.05) is 11.9 Å². The van der Waals surface area contributed by atoms with E-state index in [4.69, 9.17) is 0 Å². The molecule has 13 heavy (non-hydrogen) atoms. The van der Waals surface area contributed by atoms with Crippen LogP contribution in [-0.4, -0.2) is 4.95 Å². The van der Waals surface area contributed by atoms with Gasteiger partial charge in [-0.3, -0.25) is 0 Å². The fourth-order valence-corrected chi connectivity index (χ4v) is 1.85. The van der Waals surface area contributed by atoms with Gasteiger partial charge >= 0.3 is 0 Å². The zero-order chi connectivity index (χ0) is 9.10. The van der Waals surface area contributed by atoms with Gasteiger partial charge in [-0.15, -0.1) is 0 Å². The molecule has 0 spiro atoms. The van der Waals surface area contributed by atoms with Crippen molar-refractivity contribution in [2.75, 3.05) is 4.90 Å². The van der Waals surface area contributed by atoms with Crippen LogP contribution in [0, 0.1) is 0 Å². The van der Waals surface area contributed by atoms with Crippen molar-refractivity contribution in [1.82, 2.24) is 0 Å². The Kier molecular flexibility index (Phi) is 2.50. The third kappa shape index (κ3) is 1.83. The minimum atomic E-state index is 0.264. The van der Waals surface area contributed by atoms with Crippen LogP contribution in [0.25, 0.3) is 0 Å². The maximum Gasteiger partial charge on any atom is 0.107 e. The fraction of sp³-hybridized carbons (Fsp3) is 0.0909. The highest BCUT2D eigenvalue weighted by Gasteiger charge is 2.11. The summed E-state index contributed by atoms with van der Waals surface area (Å²) >= 11 is 3.58. The van der Waals surface area contributed by atoms with Gasteiger partial charge < -0.3 is 4.90 Å². The minimum Gasteiger partial charge on any atom is -0.331 e. The number of alkyl halides is 1. The lowest BCUT2D eigenvalue weighted by molar-refractivity contribution is 1.03. The smallest absolute Gasteiger partial charge is 0.107 e. The second-order valence-corrected chi connectivity index (χ2v) is 3.78. The Morgan fingerprint density at radius 3 is 2.54 bits per heavy atom. The number of rotatable bonds is 1. The van der Waals surface area contributed by atoms with Crippen molar-refractivity contribution in [3.05, 3.63) is 54.8 Å². The van der Waals surface area contributed by atoms with E-state index < -0.39 is 0 Å². The lowest BCUT2D eigenvalue weighted by atomic mass is 10.2. The van der Waals surface area contributed by atoms with Crippen LogP contribution in [-0.2, 0) is 0 Å². The first kappa shape index (κ1) is 8.57. The first-order chi connectivity index (χ1) is 6.38. The molecule has 0 fully saturated rings. The predicted octanol–water partition coefficient (Wildman–Crippen LogP) is 3.30. The Morgan fingerprint density at radius 1 is 1.08 bits per heavy atom. The van der Waals surface area contributed by atoms with Crippen molar-refractivity contribution < 1.29 is 0 Å². The lowest BCUT2D eigenvalue weighted by Crippen LogP contribution is -2.24. The summed E-state index contributed by atoms with van der Waals surface area (Å²) in [5, 5.41) is 0. The highest BCUT2D eigenvalue weighted by molar-refractivity contribution is 9.09. The Balaban J connectivity index is 2.27. The SMILES string of the molecule is BrC1C=CC=CN1c1ccccc1. The monoisotopic (exact) mass is 235 g/mol. The maximum atomic E-state index is 3.58. The van der Waals surface area contributed by atoms with Crippen LogP contribution in [0.15, 0.2) is 54.8 Å². The number of benzene rings is 1. The van der Waals surface area contributed by atoms with Gasteiger partial charge in [-0.1, -0.05) is 46.3 Å². The van der Waals surface area contributed by atoms with E-state index in [2.05, 4.69) is 45.2 Å². The molecule has 1 aliphatic rings. The molecule has 1 nitrogen and oxygen atoms in total. The summed E-state index contributed by atoms with van der Waals surface area (Å²) < 4.78 is 0. The molecule has 1 atom stereocenters. The van der Waals surface area contributed by atoms with E-state index >= 15 is 0 Å². The molecule has 66 valence electrons. The Bertz CT molecular complexity index is 329. The van der Waals surface area contributed by atoms with Crippen LogP contribution >= 0.6 is 15.9 Å². The fourth-order valence-electron chi connectivity index (χ4n) is 1.30. The van der Waals surface area contributed by atoms with Gasteiger partial charge in [-0.25, -0.2) is 0 Å². The Labute approximate surface area is 86.5 Å². The summed E-state index contributed by atoms with van der Waals surface area (Å²) in [7, 11) is 0. The average Bonchev–Trinajstić information content (AvgIpc) is 2.20. The van der Waals surface area contributed by atoms with Crippen LogP contribution in [0.4, 0.5) is 5.69 Å². The van der Waals surface area contributed by atoms with E-state index in [1.165, 1.54) is 5.69 Å². The van der Waals surface area contributed by atoms with Gasteiger partial charge in [0.2, 0.25) is 0 Å². The van der Waals surface area contributed by atoms with Gasteiger partial charge in [0.25, 0.3) is 0 Å². The number of para-hydroxylation sites is 1. The summed E-state index contributed by atoms with van der Waals surface area (Å²) in [5.74, 6) is 0. The minimum absolute atomic E-state index is 0.264. The van der Waals surface area contributed by atoms with Crippen LogP contribution in [0.5, 0.6) is 0 Å². The van der Waals surface area contributed by atoms with Crippen molar-refractivity contribution in [1.29, 1.82) is 0 Å². The zero-order valence-electron chi connectivity index (χ0n) is 7.10. The molecule has 0 saturated heterocycles. The maximum absolute atomic E-state index is 3.58. The molecule has 0 aliphatic carbocycles. The Morgan fingerprint density at radius 2 is 1.85 bits per heavy atom. The van der Waals surface area contributed by atoms with E-state index in [0.717, 1.165) is 0 Å². The first-order valence-corrected chi connectivity index (χ1v) is 5.12. The number of anilines is 1. The van der Waals surface area contributed by atoms with E-state index in [9.17, 15) is 0 Å². The van der Waals surface area contributed by atoms with Crippen LogP contribution in [0.3, 0.4) is 0 Å². The van der Waals surface area contributed by atoms with Crippen molar-refractivity contribution in [3.8, 4) is 0 Å². The summed E-state index contributed by atoms with van der Waals surface area (Å²) in [5.41, 5.74) is 1.20. The highest BCUT2D eigenvalue weighted by atomic mass is 79.9. The van der Waals surface area contributed by atoms with E-state index in [1.807, 2.05) is 30.4 Å². The zero-order valence-corrected chi connectivity index (χ0v) is 8.68. The topological polar surface area (TPSA) is 3.24 Å². The van der Waals surface area contributed by atoms with Gasteiger partial charge in [-0.2, -0.15) is 0 Å². The largest absolute Gasteiger partial charge is 0.331 e. The van der Waals surface area contributed by atoms with Gasteiger partial charge in [0.05, 0.1) is 0 Å². The molecular formula is C11H10BrN. The molecule has 1 heterocycles. The van der Waals surface area contributed by atoms with Crippen LogP contribution in [0.1, 0.15) is 0 Å². The first-order valence-electron chi connectivity index (χ1n) is 4.20. The van der Waals surface area contributed by atoms with Crippen molar-refractivity contribution in [3.63, 3.8) is 0 Å². The second-order valence-electron chi connectivity index (χ2n) is 2.84. The summed E-state index contributed by atoms with van der Waals surface area (Å²) in [4.78, 5) is 2.43. The molecule has 1 aromatic rings. The molecule has 0 N–H and O–H groups in total. The van der Waals surface area contributed by atoms with Gasteiger partial charge in [0.15, 0.2) is 0 Å². The van der Waals surface area contributed by atoms with Gasteiger partial charge in [-0.05, 0) is 18.2 Å². The normalized spacial score (nSPS) is 20.7. The summed E-state index contributed by atoms with van der Waals surface area (Å²) in [6.45, 7) is 0. The number of halogens is 1. The molecule has 1 unspecified atom stereocenters. The summed E-state index contributed by atoms with van der Waals surface area (Å²) in [6, 6.07) is 10.3. The van der Waals surface area contributed by atoms with Crippen molar-refractivity contribution in [2.45, 2.75) is 4.95 Å². The standard InChI is InChI=1S/C11H10BrN/c12-11-8-4-5-9-13(11)10-6-2-1-3-7-10/h1-9,11H. The average molecular weight is 236 g/mol. The second kappa shape index (κ2) is 3.79. The Hall–Kier alpha value is -1.02.